The molecule has 5 heteroatoms. The Kier molecular flexibility index (Phi) is 6.85. The fraction of sp³-hybridized carbons (Fsp3) is 0.650. The monoisotopic (exact) mass is 348 g/mol. The Morgan fingerprint density at radius 3 is 2.40 bits per heavy atom. The van der Waals surface area contributed by atoms with Gasteiger partial charge in [-0.25, -0.2) is 0 Å². The van der Waals surface area contributed by atoms with Crippen molar-refractivity contribution in [1.82, 2.24) is 4.90 Å². The Labute approximate surface area is 151 Å². The molecule has 1 aliphatic rings. The lowest BCUT2D eigenvalue weighted by Crippen LogP contribution is -2.42. The van der Waals surface area contributed by atoms with Gasteiger partial charge in [0, 0.05) is 17.6 Å². The predicted molar refractivity (Wildman–Crippen MR) is 101 cm³/mol. The van der Waals surface area contributed by atoms with Crippen LogP contribution in [0.2, 0.25) is 0 Å². The maximum absolute atomic E-state index is 12.7. The number of nitrogens with zero attached hydrogens (tertiary/aromatic N) is 1. The SMILES string of the molecule is CC(C)CC1(C(=O)Nc2ccc(OCC(O)CN(C)C)cc2)CCC1. The predicted octanol–water partition coefficient (Wildman–Crippen LogP) is 3.14. The van der Waals surface area contributed by atoms with Gasteiger partial charge in [0.25, 0.3) is 0 Å². The average molecular weight is 348 g/mol. The van der Waals surface area contributed by atoms with Crippen molar-refractivity contribution in [3.63, 3.8) is 0 Å². The molecule has 1 aromatic rings. The standard InChI is InChI=1S/C20H32N2O3/c1-15(2)12-20(10-5-11-20)19(24)21-16-6-8-18(9-7-16)25-14-17(23)13-22(3)4/h6-9,15,17,23H,5,10-14H2,1-4H3,(H,21,24). The molecule has 1 fully saturated rings. The van der Waals surface area contributed by atoms with E-state index in [4.69, 9.17) is 4.74 Å². The summed E-state index contributed by atoms with van der Waals surface area (Å²) in [4.78, 5) is 14.6. The molecule has 0 heterocycles. The number of nitrogens with one attached hydrogen (secondary N) is 1. The Hall–Kier alpha value is -1.59. The van der Waals surface area contributed by atoms with Gasteiger partial charge >= 0.3 is 0 Å². The van der Waals surface area contributed by atoms with E-state index in [0.29, 0.717) is 18.2 Å². The van der Waals surface area contributed by atoms with Gasteiger partial charge in [0.15, 0.2) is 0 Å². The van der Waals surface area contributed by atoms with E-state index in [9.17, 15) is 9.90 Å². The summed E-state index contributed by atoms with van der Waals surface area (Å²) in [7, 11) is 3.82. The number of anilines is 1. The van der Waals surface area contributed by atoms with Gasteiger partial charge in [-0.05, 0) is 63.5 Å². The Balaban J connectivity index is 1.86. The summed E-state index contributed by atoms with van der Waals surface area (Å²) in [6, 6.07) is 7.36. The van der Waals surface area contributed by atoms with E-state index >= 15 is 0 Å². The van der Waals surface area contributed by atoms with Crippen LogP contribution in [0.1, 0.15) is 39.5 Å². The molecule has 1 saturated carbocycles. The highest BCUT2D eigenvalue weighted by Crippen LogP contribution is 2.46. The molecular weight excluding hydrogens is 316 g/mol. The number of amides is 1. The minimum atomic E-state index is -0.524. The minimum absolute atomic E-state index is 0.141. The van der Waals surface area contributed by atoms with E-state index < -0.39 is 6.10 Å². The van der Waals surface area contributed by atoms with E-state index in [-0.39, 0.29) is 17.9 Å². The zero-order valence-electron chi connectivity index (χ0n) is 15.9. The second-order valence-corrected chi connectivity index (χ2v) is 7.94. The van der Waals surface area contributed by atoms with Crippen molar-refractivity contribution in [1.29, 1.82) is 0 Å². The van der Waals surface area contributed by atoms with E-state index in [2.05, 4.69) is 19.2 Å². The van der Waals surface area contributed by atoms with Crippen LogP contribution in [0.4, 0.5) is 5.69 Å². The molecule has 2 rings (SSSR count). The highest BCUT2D eigenvalue weighted by molar-refractivity contribution is 5.95. The summed E-state index contributed by atoms with van der Waals surface area (Å²) in [5, 5.41) is 12.9. The molecule has 5 nitrogen and oxygen atoms in total. The van der Waals surface area contributed by atoms with Crippen molar-refractivity contribution < 1.29 is 14.6 Å². The molecule has 2 N–H and O–H groups in total. The van der Waals surface area contributed by atoms with Gasteiger partial charge < -0.3 is 20.1 Å². The maximum atomic E-state index is 12.7. The summed E-state index contributed by atoms with van der Waals surface area (Å²) in [5.41, 5.74) is 0.612. The molecular formula is C20H32N2O3. The van der Waals surface area contributed by atoms with Crippen LogP contribution >= 0.6 is 0 Å². The van der Waals surface area contributed by atoms with Gasteiger partial charge in [0.1, 0.15) is 18.5 Å². The Morgan fingerprint density at radius 2 is 1.92 bits per heavy atom. The lowest BCUT2D eigenvalue weighted by Gasteiger charge is -2.41. The topological polar surface area (TPSA) is 61.8 Å². The van der Waals surface area contributed by atoms with Crippen molar-refractivity contribution >= 4 is 11.6 Å². The fourth-order valence-electron chi connectivity index (χ4n) is 3.47. The van der Waals surface area contributed by atoms with E-state index in [1.807, 2.05) is 43.3 Å². The quantitative estimate of drug-likeness (QED) is 0.720. The number of likely N-dealkylation sites (N-methyl/N-ethyl adjacent to an activating group) is 1. The summed E-state index contributed by atoms with van der Waals surface area (Å²) < 4.78 is 5.59. The number of aliphatic hydroxyl groups excluding tert-OH is 1. The van der Waals surface area contributed by atoms with Crippen molar-refractivity contribution in [2.75, 3.05) is 32.6 Å². The molecule has 140 valence electrons. The van der Waals surface area contributed by atoms with Crippen LogP contribution in [0.15, 0.2) is 24.3 Å². The molecule has 0 bridgehead atoms. The van der Waals surface area contributed by atoms with E-state index in [0.717, 1.165) is 31.4 Å². The first-order valence-electron chi connectivity index (χ1n) is 9.18. The van der Waals surface area contributed by atoms with Crippen LogP contribution in [-0.2, 0) is 4.79 Å². The molecule has 1 atom stereocenters. The van der Waals surface area contributed by atoms with Crippen LogP contribution in [0, 0.1) is 11.3 Å². The summed E-state index contributed by atoms with van der Waals surface area (Å²) >= 11 is 0. The summed E-state index contributed by atoms with van der Waals surface area (Å²) in [6.45, 7) is 5.15. The first kappa shape index (κ1) is 19.7. The van der Waals surface area contributed by atoms with Crippen LogP contribution in [0.25, 0.3) is 0 Å². The number of carbonyl (C=O) groups excluding carboxylic acids is 1. The smallest absolute Gasteiger partial charge is 0.230 e. The molecule has 0 aromatic heterocycles. The minimum Gasteiger partial charge on any atom is -0.491 e. The molecule has 0 radical (unpaired) electrons. The lowest BCUT2D eigenvalue weighted by molar-refractivity contribution is -0.131. The van der Waals surface area contributed by atoms with Crippen molar-refractivity contribution in [3.8, 4) is 5.75 Å². The van der Waals surface area contributed by atoms with Gasteiger partial charge in [-0.1, -0.05) is 20.3 Å². The van der Waals surface area contributed by atoms with Crippen molar-refractivity contribution in [3.05, 3.63) is 24.3 Å². The molecule has 1 amide bonds. The summed E-state index contributed by atoms with van der Waals surface area (Å²) in [6.07, 6.45) is 3.54. The third kappa shape index (κ3) is 5.72. The molecule has 1 aromatic carbocycles. The Morgan fingerprint density at radius 1 is 1.28 bits per heavy atom. The van der Waals surface area contributed by atoms with Gasteiger partial charge in [-0.2, -0.15) is 0 Å². The first-order valence-corrected chi connectivity index (χ1v) is 9.18. The van der Waals surface area contributed by atoms with E-state index in [1.54, 1.807) is 0 Å². The van der Waals surface area contributed by atoms with E-state index in [1.165, 1.54) is 0 Å². The fourth-order valence-corrected chi connectivity index (χ4v) is 3.47. The highest BCUT2D eigenvalue weighted by atomic mass is 16.5. The van der Waals surface area contributed by atoms with Crippen LogP contribution in [0.5, 0.6) is 5.75 Å². The highest BCUT2D eigenvalue weighted by Gasteiger charge is 2.44. The van der Waals surface area contributed by atoms with Crippen LogP contribution < -0.4 is 10.1 Å². The second-order valence-electron chi connectivity index (χ2n) is 7.94. The third-order valence-electron chi connectivity index (χ3n) is 4.72. The summed E-state index contributed by atoms with van der Waals surface area (Å²) in [5.74, 6) is 1.36. The molecule has 0 spiro atoms. The Bertz CT molecular complexity index is 551. The number of hydrogen-bond donors (Lipinski definition) is 2. The van der Waals surface area contributed by atoms with Gasteiger partial charge in [-0.3, -0.25) is 4.79 Å². The maximum Gasteiger partial charge on any atom is 0.230 e. The number of rotatable bonds is 9. The van der Waals surface area contributed by atoms with Gasteiger partial charge in [0.2, 0.25) is 5.91 Å². The van der Waals surface area contributed by atoms with Crippen molar-refractivity contribution in [2.24, 2.45) is 11.3 Å². The molecule has 1 aliphatic carbocycles. The number of benzene rings is 1. The molecule has 1 unspecified atom stereocenters. The number of carbonyl (C=O) groups is 1. The zero-order valence-corrected chi connectivity index (χ0v) is 15.9. The molecule has 0 aliphatic heterocycles. The molecule has 0 saturated heterocycles. The zero-order chi connectivity index (χ0) is 18.4. The van der Waals surface area contributed by atoms with Crippen LogP contribution in [0.3, 0.4) is 0 Å². The normalized spacial score (nSPS) is 17.2. The lowest BCUT2D eigenvalue weighted by atomic mass is 9.64. The number of hydrogen-bond acceptors (Lipinski definition) is 4. The number of ether oxygens (including phenoxy) is 1. The van der Waals surface area contributed by atoms with Gasteiger partial charge in [-0.15, -0.1) is 0 Å². The van der Waals surface area contributed by atoms with Crippen molar-refractivity contribution in [2.45, 2.75) is 45.6 Å². The van der Waals surface area contributed by atoms with Gasteiger partial charge in [0.05, 0.1) is 0 Å². The molecule has 25 heavy (non-hydrogen) atoms. The average Bonchev–Trinajstić information content (AvgIpc) is 2.49. The largest absolute Gasteiger partial charge is 0.491 e. The first-order chi connectivity index (χ1) is 11.8. The van der Waals surface area contributed by atoms with Crippen LogP contribution in [-0.4, -0.2) is 49.3 Å². The third-order valence-corrected chi connectivity index (χ3v) is 4.72. The number of aliphatic hydroxyl groups is 1. The second kappa shape index (κ2) is 8.68.